The van der Waals surface area contributed by atoms with E-state index >= 15 is 0 Å². The van der Waals surface area contributed by atoms with Gasteiger partial charge in [-0.15, -0.1) is 0 Å². The van der Waals surface area contributed by atoms with Gasteiger partial charge in [0.25, 0.3) is 0 Å². The summed E-state index contributed by atoms with van der Waals surface area (Å²) < 4.78 is 5.43. The molecule has 0 aromatic heterocycles. The van der Waals surface area contributed by atoms with Crippen LogP contribution in [-0.2, 0) is 4.74 Å². The highest BCUT2D eigenvalue weighted by Crippen LogP contribution is 2.17. The summed E-state index contributed by atoms with van der Waals surface area (Å²) in [6, 6.07) is 0. The molecule has 1 heterocycles. The smallest absolute Gasteiger partial charge is 0.0646 e. The molecular weight excluding hydrogens is 210 g/mol. The largest absolute Gasteiger partial charge is 0.379 e. The molecular formula is C15H31NO. The second kappa shape index (κ2) is 8.93. The van der Waals surface area contributed by atoms with Crippen LogP contribution < -0.4 is 5.32 Å². The van der Waals surface area contributed by atoms with Crippen LogP contribution in [0.25, 0.3) is 0 Å². The molecule has 1 aliphatic heterocycles. The summed E-state index contributed by atoms with van der Waals surface area (Å²) in [5.74, 6) is 0. The van der Waals surface area contributed by atoms with Crippen molar-refractivity contribution in [1.29, 1.82) is 0 Å². The molecule has 0 radical (unpaired) electrons. The van der Waals surface area contributed by atoms with Crippen LogP contribution in [0.4, 0.5) is 0 Å². The van der Waals surface area contributed by atoms with Crippen LogP contribution in [-0.4, -0.2) is 25.3 Å². The molecule has 0 amide bonds. The van der Waals surface area contributed by atoms with E-state index in [9.17, 15) is 0 Å². The summed E-state index contributed by atoms with van der Waals surface area (Å²) in [5.41, 5.74) is 0.265. The van der Waals surface area contributed by atoms with E-state index in [1.54, 1.807) is 0 Å². The third-order valence-electron chi connectivity index (χ3n) is 3.80. The molecule has 0 saturated carbocycles. The highest BCUT2D eigenvalue weighted by atomic mass is 16.5. The maximum absolute atomic E-state index is 5.43. The van der Waals surface area contributed by atoms with Gasteiger partial charge in [-0.05, 0) is 26.3 Å². The van der Waals surface area contributed by atoms with Crippen molar-refractivity contribution in [2.75, 3.05) is 19.8 Å². The lowest BCUT2D eigenvalue weighted by molar-refractivity contribution is 0.171. The lowest BCUT2D eigenvalue weighted by atomic mass is 10.0. The first kappa shape index (κ1) is 15.0. The normalized spacial score (nSPS) is 24.4. The molecule has 1 unspecified atom stereocenters. The van der Waals surface area contributed by atoms with Crippen LogP contribution in [0.3, 0.4) is 0 Å². The molecule has 0 aliphatic carbocycles. The van der Waals surface area contributed by atoms with Gasteiger partial charge in [-0.3, -0.25) is 0 Å². The van der Waals surface area contributed by atoms with Gasteiger partial charge in [0.15, 0.2) is 0 Å². The van der Waals surface area contributed by atoms with Gasteiger partial charge in [0.1, 0.15) is 0 Å². The molecule has 1 fully saturated rings. The van der Waals surface area contributed by atoms with E-state index < -0.39 is 0 Å². The van der Waals surface area contributed by atoms with Crippen LogP contribution in [0.1, 0.15) is 71.6 Å². The average molecular weight is 241 g/mol. The molecule has 2 nitrogen and oxygen atoms in total. The monoisotopic (exact) mass is 241 g/mol. The Bertz CT molecular complexity index is 176. The molecule has 1 N–H and O–H groups in total. The summed E-state index contributed by atoms with van der Waals surface area (Å²) in [4.78, 5) is 0. The minimum atomic E-state index is 0.265. The van der Waals surface area contributed by atoms with E-state index in [2.05, 4.69) is 19.2 Å². The quantitative estimate of drug-likeness (QED) is 0.586. The Hall–Kier alpha value is -0.0800. The molecule has 0 aromatic rings. The average Bonchev–Trinajstić information content (AvgIpc) is 2.74. The van der Waals surface area contributed by atoms with Gasteiger partial charge in [-0.25, -0.2) is 0 Å². The Morgan fingerprint density at radius 3 is 2.24 bits per heavy atom. The molecule has 102 valence electrons. The summed E-state index contributed by atoms with van der Waals surface area (Å²) in [6.07, 6.45) is 12.4. The van der Waals surface area contributed by atoms with Crippen molar-refractivity contribution in [2.24, 2.45) is 0 Å². The molecule has 2 heteroatoms. The van der Waals surface area contributed by atoms with Crippen LogP contribution in [0.5, 0.6) is 0 Å². The third kappa shape index (κ3) is 7.05. The fraction of sp³-hybridized carbons (Fsp3) is 1.00. The Morgan fingerprint density at radius 1 is 1.00 bits per heavy atom. The predicted octanol–water partition coefficient (Wildman–Crippen LogP) is 3.90. The van der Waals surface area contributed by atoms with Crippen molar-refractivity contribution in [3.05, 3.63) is 0 Å². The highest BCUT2D eigenvalue weighted by molar-refractivity contribution is 4.86. The van der Waals surface area contributed by atoms with E-state index in [4.69, 9.17) is 4.74 Å². The zero-order chi connectivity index (χ0) is 12.4. The van der Waals surface area contributed by atoms with Gasteiger partial charge in [0.05, 0.1) is 6.61 Å². The summed E-state index contributed by atoms with van der Waals surface area (Å²) in [7, 11) is 0. The van der Waals surface area contributed by atoms with Crippen LogP contribution in [0.2, 0.25) is 0 Å². The van der Waals surface area contributed by atoms with Gasteiger partial charge in [0, 0.05) is 12.1 Å². The van der Waals surface area contributed by atoms with E-state index in [1.807, 2.05) is 0 Å². The van der Waals surface area contributed by atoms with Crippen molar-refractivity contribution in [1.82, 2.24) is 5.32 Å². The molecule has 1 aliphatic rings. The van der Waals surface area contributed by atoms with Gasteiger partial charge in [0.2, 0.25) is 0 Å². The standard InChI is InChI=1S/C15H31NO/c1-3-4-5-6-7-8-9-10-12-16-15(2)11-13-17-14-15/h16H,3-14H2,1-2H3. The van der Waals surface area contributed by atoms with Crippen molar-refractivity contribution < 1.29 is 4.74 Å². The Morgan fingerprint density at radius 2 is 1.65 bits per heavy atom. The number of hydrogen-bond acceptors (Lipinski definition) is 2. The topological polar surface area (TPSA) is 21.3 Å². The lowest BCUT2D eigenvalue weighted by Gasteiger charge is -2.23. The minimum Gasteiger partial charge on any atom is -0.379 e. The van der Waals surface area contributed by atoms with Crippen molar-refractivity contribution >= 4 is 0 Å². The van der Waals surface area contributed by atoms with Crippen LogP contribution >= 0.6 is 0 Å². The zero-order valence-corrected chi connectivity index (χ0v) is 11.9. The first-order chi connectivity index (χ1) is 8.27. The van der Waals surface area contributed by atoms with Crippen molar-refractivity contribution in [2.45, 2.75) is 77.2 Å². The first-order valence-corrected chi connectivity index (χ1v) is 7.60. The Balaban J connectivity index is 1.81. The van der Waals surface area contributed by atoms with E-state index in [1.165, 1.54) is 57.8 Å². The second-order valence-corrected chi connectivity index (χ2v) is 5.76. The van der Waals surface area contributed by atoms with Crippen LogP contribution in [0, 0.1) is 0 Å². The predicted molar refractivity (Wildman–Crippen MR) is 74.5 cm³/mol. The number of unbranched alkanes of at least 4 members (excludes halogenated alkanes) is 7. The fourth-order valence-electron chi connectivity index (χ4n) is 2.46. The minimum absolute atomic E-state index is 0.265. The second-order valence-electron chi connectivity index (χ2n) is 5.76. The highest BCUT2D eigenvalue weighted by Gasteiger charge is 2.28. The molecule has 1 saturated heterocycles. The summed E-state index contributed by atoms with van der Waals surface area (Å²) in [5, 5.41) is 3.64. The van der Waals surface area contributed by atoms with Gasteiger partial charge in [-0.1, -0.05) is 51.9 Å². The van der Waals surface area contributed by atoms with Crippen molar-refractivity contribution in [3.63, 3.8) is 0 Å². The molecule has 0 spiro atoms. The number of ether oxygens (including phenoxy) is 1. The Kier molecular flexibility index (Phi) is 7.87. The fourth-order valence-corrected chi connectivity index (χ4v) is 2.46. The molecule has 1 atom stereocenters. The number of hydrogen-bond donors (Lipinski definition) is 1. The SMILES string of the molecule is CCCCCCCCCCNC1(C)CCOC1. The van der Waals surface area contributed by atoms with Gasteiger partial charge >= 0.3 is 0 Å². The summed E-state index contributed by atoms with van der Waals surface area (Å²) in [6.45, 7) is 7.55. The number of nitrogens with one attached hydrogen (secondary N) is 1. The van der Waals surface area contributed by atoms with Gasteiger partial charge < -0.3 is 10.1 Å². The lowest BCUT2D eigenvalue weighted by Crippen LogP contribution is -2.43. The maximum atomic E-state index is 5.43. The first-order valence-electron chi connectivity index (χ1n) is 7.60. The molecule has 0 aromatic carbocycles. The number of rotatable bonds is 10. The maximum Gasteiger partial charge on any atom is 0.0646 e. The van der Waals surface area contributed by atoms with E-state index in [0.717, 1.165) is 19.8 Å². The van der Waals surface area contributed by atoms with E-state index in [-0.39, 0.29) is 5.54 Å². The van der Waals surface area contributed by atoms with Crippen LogP contribution in [0.15, 0.2) is 0 Å². The molecule has 1 rings (SSSR count). The van der Waals surface area contributed by atoms with Crippen molar-refractivity contribution in [3.8, 4) is 0 Å². The Labute approximate surface area is 108 Å². The van der Waals surface area contributed by atoms with Gasteiger partial charge in [-0.2, -0.15) is 0 Å². The summed E-state index contributed by atoms with van der Waals surface area (Å²) >= 11 is 0. The third-order valence-corrected chi connectivity index (χ3v) is 3.80. The molecule has 17 heavy (non-hydrogen) atoms. The van der Waals surface area contributed by atoms with E-state index in [0.29, 0.717) is 0 Å². The zero-order valence-electron chi connectivity index (χ0n) is 11.9. The molecule has 0 bridgehead atoms.